The smallest absolute Gasteiger partial charge is 0.406 e. The zero-order valence-electron chi connectivity index (χ0n) is 13.1. The van der Waals surface area contributed by atoms with Gasteiger partial charge in [0.1, 0.15) is 17.9 Å². The van der Waals surface area contributed by atoms with Gasteiger partial charge in [-0.2, -0.15) is 0 Å². The van der Waals surface area contributed by atoms with Gasteiger partial charge in [0.2, 0.25) is 5.75 Å². The van der Waals surface area contributed by atoms with Crippen molar-refractivity contribution in [2.45, 2.75) is 20.5 Å². The monoisotopic (exact) mass is 326 g/mol. The van der Waals surface area contributed by atoms with Crippen LogP contribution < -0.4 is 10.4 Å². The van der Waals surface area contributed by atoms with Crippen LogP contribution in [0.3, 0.4) is 0 Å². The molecule has 0 saturated heterocycles. The van der Waals surface area contributed by atoms with Crippen molar-refractivity contribution in [3.63, 3.8) is 0 Å². The summed E-state index contributed by atoms with van der Waals surface area (Å²) < 4.78 is 10.7. The quantitative estimate of drug-likeness (QED) is 0.415. The lowest BCUT2D eigenvalue weighted by atomic mass is 10.1. The van der Waals surface area contributed by atoms with Gasteiger partial charge in [-0.05, 0) is 40.6 Å². The Bertz CT molecular complexity index is 994. The van der Waals surface area contributed by atoms with Crippen LogP contribution in [0.4, 0.5) is 5.82 Å². The standard InChI is InChI=1S/C17H14N2O5/c1-10-3-5-13-12(8-16(20)24-15(13)7-10)9-23-14-6-4-11(2)18-17(14)19(21)22/h3-8H,9H2,1-2H3. The van der Waals surface area contributed by atoms with Crippen LogP contribution in [0.15, 0.2) is 45.6 Å². The summed E-state index contributed by atoms with van der Waals surface area (Å²) in [6, 6.07) is 9.93. The van der Waals surface area contributed by atoms with Crippen molar-refractivity contribution in [2.75, 3.05) is 0 Å². The second-order valence-electron chi connectivity index (χ2n) is 5.41. The lowest BCUT2D eigenvalue weighted by Crippen LogP contribution is -2.06. The summed E-state index contributed by atoms with van der Waals surface area (Å²) in [7, 11) is 0. The van der Waals surface area contributed by atoms with Crippen LogP contribution in [0, 0.1) is 24.0 Å². The molecular weight excluding hydrogens is 312 g/mol. The third kappa shape index (κ3) is 3.10. The minimum atomic E-state index is -0.594. The van der Waals surface area contributed by atoms with E-state index in [1.165, 1.54) is 12.1 Å². The average Bonchev–Trinajstić information content (AvgIpc) is 2.52. The lowest BCUT2D eigenvalue weighted by molar-refractivity contribution is -0.390. The summed E-state index contributed by atoms with van der Waals surface area (Å²) in [5, 5.41) is 11.8. The van der Waals surface area contributed by atoms with Crippen LogP contribution in [0.2, 0.25) is 0 Å². The van der Waals surface area contributed by atoms with Crippen molar-refractivity contribution < 1.29 is 14.1 Å². The third-order valence-corrected chi connectivity index (χ3v) is 3.52. The van der Waals surface area contributed by atoms with Crippen LogP contribution >= 0.6 is 0 Å². The maximum Gasteiger partial charge on any atom is 0.406 e. The molecule has 2 aromatic heterocycles. The Morgan fingerprint density at radius 1 is 1.21 bits per heavy atom. The van der Waals surface area contributed by atoms with Crippen LogP contribution in [0.5, 0.6) is 5.75 Å². The highest BCUT2D eigenvalue weighted by Gasteiger charge is 2.18. The number of rotatable bonds is 4. The lowest BCUT2D eigenvalue weighted by Gasteiger charge is -2.09. The van der Waals surface area contributed by atoms with Gasteiger partial charge in [-0.3, -0.25) is 0 Å². The summed E-state index contributed by atoms with van der Waals surface area (Å²) >= 11 is 0. The molecule has 3 aromatic rings. The fraction of sp³-hybridized carbons (Fsp3) is 0.176. The molecule has 7 heteroatoms. The predicted molar refractivity (Wildman–Crippen MR) is 87.2 cm³/mol. The van der Waals surface area contributed by atoms with Gasteiger partial charge < -0.3 is 19.3 Å². The van der Waals surface area contributed by atoms with Crippen LogP contribution in [0.1, 0.15) is 16.8 Å². The Morgan fingerprint density at radius 3 is 2.75 bits per heavy atom. The van der Waals surface area contributed by atoms with Gasteiger partial charge in [0.25, 0.3) is 0 Å². The van der Waals surface area contributed by atoms with Crippen molar-refractivity contribution in [1.82, 2.24) is 4.98 Å². The number of ether oxygens (including phenoxy) is 1. The summed E-state index contributed by atoms with van der Waals surface area (Å²) in [5.41, 5.74) is 2.04. The molecule has 0 atom stereocenters. The number of benzene rings is 1. The highest BCUT2D eigenvalue weighted by atomic mass is 16.6. The van der Waals surface area contributed by atoms with Gasteiger partial charge in [0.05, 0.1) is 0 Å². The molecular formula is C17H14N2O5. The number of pyridine rings is 1. The first kappa shape index (κ1) is 15.7. The van der Waals surface area contributed by atoms with Gasteiger partial charge in [-0.25, -0.2) is 4.79 Å². The number of nitro groups is 1. The summed E-state index contributed by atoms with van der Waals surface area (Å²) in [6.45, 7) is 3.55. The molecule has 0 bridgehead atoms. The van der Waals surface area contributed by atoms with Crippen LogP contribution in [0.25, 0.3) is 11.0 Å². The maximum atomic E-state index is 11.7. The number of nitrogens with zero attached hydrogens (tertiary/aromatic N) is 2. The molecule has 0 spiro atoms. The van der Waals surface area contributed by atoms with Gasteiger partial charge in [-0.1, -0.05) is 12.1 Å². The molecule has 1 aromatic carbocycles. The Kier molecular flexibility index (Phi) is 3.99. The molecule has 3 rings (SSSR count). The van der Waals surface area contributed by atoms with E-state index in [0.717, 1.165) is 10.9 Å². The topological polar surface area (TPSA) is 95.5 Å². The number of aromatic nitrogens is 1. The molecule has 0 aliphatic rings. The minimum absolute atomic E-state index is 0.00323. The first-order valence-corrected chi connectivity index (χ1v) is 7.22. The van der Waals surface area contributed by atoms with E-state index in [1.54, 1.807) is 19.1 Å². The summed E-state index contributed by atoms with van der Waals surface area (Å²) in [6.07, 6.45) is 0. The molecule has 24 heavy (non-hydrogen) atoms. The first-order valence-electron chi connectivity index (χ1n) is 7.22. The second kappa shape index (κ2) is 6.11. The minimum Gasteiger partial charge on any atom is -0.481 e. The molecule has 2 heterocycles. The number of fused-ring (bicyclic) bond motifs is 1. The molecule has 0 aliphatic heterocycles. The summed E-state index contributed by atoms with van der Waals surface area (Å²) in [4.78, 5) is 26.1. The molecule has 0 aliphatic carbocycles. The van der Waals surface area contributed by atoms with Gasteiger partial charge in [-0.15, -0.1) is 0 Å². The Balaban J connectivity index is 1.97. The molecule has 0 fully saturated rings. The van der Waals surface area contributed by atoms with E-state index >= 15 is 0 Å². The Hall–Kier alpha value is -3.22. The van der Waals surface area contributed by atoms with Crippen molar-refractivity contribution in [2.24, 2.45) is 0 Å². The fourth-order valence-electron chi connectivity index (χ4n) is 2.39. The first-order chi connectivity index (χ1) is 11.4. The van der Waals surface area contributed by atoms with Crippen molar-refractivity contribution in [3.8, 4) is 5.75 Å². The highest BCUT2D eigenvalue weighted by molar-refractivity contribution is 5.80. The Morgan fingerprint density at radius 2 is 2.00 bits per heavy atom. The van der Waals surface area contributed by atoms with E-state index in [9.17, 15) is 14.9 Å². The largest absolute Gasteiger partial charge is 0.481 e. The highest BCUT2D eigenvalue weighted by Crippen LogP contribution is 2.26. The molecule has 0 amide bonds. The van der Waals surface area contributed by atoms with Crippen molar-refractivity contribution >= 4 is 16.8 Å². The molecule has 0 N–H and O–H groups in total. The SMILES string of the molecule is Cc1ccc2c(COc3ccc(C)nc3[N+](=O)[O-])cc(=O)oc2c1. The zero-order valence-corrected chi connectivity index (χ0v) is 13.1. The van der Waals surface area contributed by atoms with Crippen molar-refractivity contribution in [1.29, 1.82) is 0 Å². The van der Waals surface area contributed by atoms with E-state index < -0.39 is 10.5 Å². The molecule has 0 saturated carbocycles. The number of hydrogen-bond donors (Lipinski definition) is 0. The number of hydrogen-bond acceptors (Lipinski definition) is 6. The van der Waals surface area contributed by atoms with Gasteiger partial charge in [0, 0.05) is 23.9 Å². The van der Waals surface area contributed by atoms with E-state index in [-0.39, 0.29) is 18.2 Å². The zero-order chi connectivity index (χ0) is 17.3. The van der Waals surface area contributed by atoms with E-state index in [0.29, 0.717) is 16.8 Å². The van der Waals surface area contributed by atoms with Crippen LogP contribution in [-0.2, 0) is 6.61 Å². The average molecular weight is 326 g/mol. The molecule has 0 unspecified atom stereocenters. The maximum absolute atomic E-state index is 11.7. The molecule has 0 radical (unpaired) electrons. The second-order valence-corrected chi connectivity index (χ2v) is 5.41. The van der Waals surface area contributed by atoms with Crippen molar-refractivity contribution in [3.05, 3.63) is 73.8 Å². The molecule has 7 nitrogen and oxygen atoms in total. The number of aryl methyl sites for hydroxylation is 2. The Labute approximate surface area is 136 Å². The third-order valence-electron chi connectivity index (χ3n) is 3.52. The normalized spacial score (nSPS) is 10.8. The van der Waals surface area contributed by atoms with E-state index in [2.05, 4.69) is 4.98 Å². The van der Waals surface area contributed by atoms with E-state index in [1.807, 2.05) is 19.1 Å². The van der Waals surface area contributed by atoms with Crippen LogP contribution in [-0.4, -0.2) is 9.91 Å². The van der Waals surface area contributed by atoms with Gasteiger partial charge >= 0.3 is 11.4 Å². The van der Waals surface area contributed by atoms with E-state index in [4.69, 9.17) is 9.15 Å². The summed E-state index contributed by atoms with van der Waals surface area (Å²) in [5.74, 6) is -0.294. The fourth-order valence-corrected chi connectivity index (χ4v) is 2.39. The predicted octanol–water partition coefficient (Wildman–Crippen LogP) is 3.29. The molecule has 122 valence electrons. The van der Waals surface area contributed by atoms with Gasteiger partial charge in [0.15, 0.2) is 0 Å².